The van der Waals surface area contributed by atoms with Gasteiger partial charge >= 0.3 is 0 Å². The summed E-state index contributed by atoms with van der Waals surface area (Å²) in [5.74, 6) is 2.00. The fourth-order valence-corrected chi connectivity index (χ4v) is 3.32. The quantitative estimate of drug-likeness (QED) is 0.427. The Balaban J connectivity index is 1.51. The smallest absolute Gasteiger partial charge is 0.191 e. The SMILES string of the molecule is CCC(CC)c1cc(CNC(=NC)NCc2cccc(Cn3ccnc3)c2)on1. The summed E-state index contributed by atoms with van der Waals surface area (Å²) in [7, 11) is 1.76. The molecule has 0 spiro atoms. The molecule has 0 saturated heterocycles. The van der Waals surface area contributed by atoms with Crippen molar-refractivity contribution in [3.63, 3.8) is 0 Å². The van der Waals surface area contributed by atoms with Crippen molar-refractivity contribution in [2.45, 2.75) is 52.2 Å². The largest absolute Gasteiger partial charge is 0.359 e. The molecule has 0 unspecified atom stereocenters. The van der Waals surface area contributed by atoms with Gasteiger partial charge in [0.05, 0.1) is 18.6 Å². The van der Waals surface area contributed by atoms with Crippen molar-refractivity contribution in [1.82, 2.24) is 25.3 Å². The number of nitrogens with one attached hydrogen (secondary N) is 2. The van der Waals surface area contributed by atoms with Crippen molar-refractivity contribution in [2.24, 2.45) is 4.99 Å². The van der Waals surface area contributed by atoms with Gasteiger partial charge in [-0.05, 0) is 24.0 Å². The van der Waals surface area contributed by atoms with Gasteiger partial charge in [-0.3, -0.25) is 4.99 Å². The zero-order valence-corrected chi connectivity index (χ0v) is 17.4. The highest BCUT2D eigenvalue weighted by Gasteiger charge is 2.13. The van der Waals surface area contributed by atoms with Crippen LogP contribution in [0.5, 0.6) is 0 Å². The Morgan fingerprint density at radius 2 is 1.93 bits per heavy atom. The summed E-state index contributed by atoms with van der Waals surface area (Å²) < 4.78 is 7.53. The number of benzene rings is 1. The van der Waals surface area contributed by atoms with Crippen LogP contribution in [-0.4, -0.2) is 27.7 Å². The van der Waals surface area contributed by atoms with E-state index in [1.807, 2.05) is 18.6 Å². The molecule has 0 fully saturated rings. The van der Waals surface area contributed by atoms with Crippen LogP contribution in [0.1, 0.15) is 55.2 Å². The summed E-state index contributed by atoms with van der Waals surface area (Å²) in [5.41, 5.74) is 3.46. The number of imidazole rings is 1. The average Bonchev–Trinajstić information content (AvgIpc) is 3.42. The van der Waals surface area contributed by atoms with E-state index in [1.165, 1.54) is 11.1 Å². The molecule has 7 heteroatoms. The minimum absolute atomic E-state index is 0.458. The molecular formula is C22H30N6O. The van der Waals surface area contributed by atoms with Gasteiger partial charge in [-0.15, -0.1) is 0 Å². The van der Waals surface area contributed by atoms with E-state index in [9.17, 15) is 0 Å². The predicted molar refractivity (Wildman–Crippen MR) is 115 cm³/mol. The van der Waals surface area contributed by atoms with Crippen molar-refractivity contribution in [3.05, 3.63) is 71.6 Å². The van der Waals surface area contributed by atoms with Gasteiger partial charge < -0.3 is 19.7 Å². The predicted octanol–water partition coefficient (Wildman–Crippen LogP) is 3.69. The van der Waals surface area contributed by atoms with Gasteiger partial charge in [0.1, 0.15) is 0 Å². The molecule has 29 heavy (non-hydrogen) atoms. The van der Waals surface area contributed by atoms with Crippen LogP contribution in [0.3, 0.4) is 0 Å². The average molecular weight is 395 g/mol. The van der Waals surface area contributed by atoms with Crippen LogP contribution in [0.25, 0.3) is 0 Å². The molecule has 2 aromatic heterocycles. The standard InChI is InChI=1S/C22H30N6O/c1-4-19(5-2)21-12-20(29-27-21)14-26-22(23-3)25-13-17-7-6-8-18(11-17)15-28-10-9-24-16-28/h6-12,16,19H,4-5,13-15H2,1-3H3,(H2,23,25,26). The first kappa shape index (κ1) is 20.6. The molecule has 154 valence electrons. The monoisotopic (exact) mass is 394 g/mol. The van der Waals surface area contributed by atoms with Gasteiger partial charge in [0, 0.05) is 44.5 Å². The number of hydrogen-bond acceptors (Lipinski definition) is 4. The lowest BCUT2D eigenvalue weighted by Crippen LogP contribution is -2.36. The van der Waals surface area contributed by atoms with E-state index >= 15 is 0 Å². The first-order chi connectivity index (χ1) is 14.2. The molecule has 0 bridgehead atoms. The van der Waals surface area contributed by atoms with Crippen LogP contribution in [0.4, 0.5) is 0 Å². The summed E-state index contributed by atoms with van der Waals surface area (Å²) >= 11 is 0. The van der Waals surface area contributed by atoms with Crippen LogP contribution < -0.4 is 10.6 Å². The van der Waals surface area contributed by atoms with Crippen molar-refractivity contribution in [3.8, 4) is 0 Å². The van der Waals surface area contributed by atoms with Crippen molar-refractivity contribution < 1.29 is 4.52 Å². The van der Waals surface area contributed by atoms with E-state index < -0.39 is 0 Å². The minimum atomic E-state index is 0.458. The van der Waals surface area contributed by atoms with Gasteiger partial charge in [0.25, 0.3) is 0 Å². The number of guanidine groups is 1. The highest BCUT2D eigenvalue weighted by Crippen LogP contribution is 2.22. The molecule has 7 nitrogen and oxygen atoms in total. The van der Waals surface area contributed by atoms with Gasteiger partial charge in [0.2, 0.25) is 0 Å². The Kier molecular flexibility index (Phi) is 7.44. The maximum Gasteiger partial charge on any atom is 0.191 e. The molecule has 0 amide bonds. The Morgan fingerprint density at radius 3 is 2.66 bits per heavy atom. The third-order valence-electron chi connectivity index (χ3n) is 5.01. The second-order valence-electron chi connectivity index (χ2n) is 7.07. The van der Waals surface area contributed by atoms with Crippen molar-refractivity contribution in [1.29, 1.82) is 0 Å². The highest BCUT2D eigenvalue weighted by atomic mass is 16.5. The zero-order valence-electron chi connectivity index (χ0n) is 17.4. The normalized spacial score (nSPS) is 11.8. The number of nitrogens with zero attached hydrogens (tertiary/aromatic N) is 4. The van der Waals surface area contributed by atoms with E-state index in [-0.39, 0.29) is 0 Å². The molecule has 2 N–H and O–H groups in total. The molecule has 0 atom stereocenters. The Morgan fingerprint density at radius 1 is 1.14 bits per heavy atom. The Bertz CT molecular complexity index is 896. The molecule has 2 heterocycles. The second kappa shape index (κ2) is 10.5. The zero-order chi connectivity index (χ0) is 20.5. The summed E-state index contributed by atoms with van der Waals surface area (Å²) in [6, 6.07) is 10.5. The van der Waals surface area contributed by atoms with Crippen LogP contribution in [0, 0.1) is 0 Å². The summed E-state index contributed by atoms with van der Waals surface area (Å²) in [5, 5.41) is 10.9. The fraction of sp³-hybridized carbons (Fsp3) is 0.409. The fourth-order valence-electron chi connectivity index (χ4n) is 3.32. The lowest BCUT2D eigenvalue weighted by Gasteiger charge is -2.12. The lowest BCUT2D eigenvalue weighted by atomic mass is 9.99. The maximum absolute atomic E-state index is 5.47. The summed E-state index contributed by atoms with van der Waals surface area (Å²) in [4.78, 5) is 8.39. The second-order valence-corrected chi connectivity index (χ2v) is 7.07. The molecule has 0 aliphatic heterocycles. The van der Waals surface area contributed by atoms with Crippen molar-refractivity contribution >= 4 is 5.96 Å². The number of aliphatic imine (C=N–C) groups is 1. The van der Waals surface area contributed by atoms with E-state index in [0.717, 1.165) is 36.8 Å². The number of aromatic nitrogens is 3. The molecule has 3 aromatic rings. The Hall–Kier alpha value is -3.09. The van der Waals surface area contributed by atoms with E-state index in [1.54, 1.807) is 13.2 Å². The van der Waals surface area contributed by atoms with Gasteiger partial charge in [0.15, 0.2) is 11.7 Å². The molecule has 3 rings (SSSR count). The lowest BCUT2D eigenvalue weighted by molar-refractivity contribution is 0.368. The molecule has 0 aliphatic rings. The molecular weight excluding hydrogens is 364 g/mol. The summed E-state index contributed by atoms with van der Waals surface area (Å²) in [6.07, 6.45) is 7.73. The van der Waals surface area contributed by atoms with Crippen molar-refractivity contribution in [2.75, 3.05) is 7.05 Å². The molecule has 0 aliphatic carbocycles. The maximum atomic E-state index is 5.47. The molecule has 0 radical (unpaired) electrons. The first-order valence-corrected chi connectivity index (χ1v) is 10.1. The third kappa shape index (κ3) is 5.94. The van der Waals surface area contributed by atoms with Gasteiger partial charge in [-0.25, -0.2) is 4.98 Å². The minimum Gasteiger partial charge on any atom is -0.359 e. The van der Waals surface area contributed by atoms with Gasteiger partial charge in [-0.2, -0.15) is 0 Å². The van der Waals surface area contributed by atoms with Crippen LogP contribution in [0.2, 0.25) is 0 Å². The van der Waals surface area contributed by atoms with Crippen LogP contribution >= 0.6 is 0 Å². The van der Waals surface area contributed by atoms with Gasteiger partial charge in [-0.1, -0.05) is 43.3 Å². The third-order valence-corrected chi connectivity index (χ3v) is 5.01. The Labute approximate surface area is 172 Å². The molecule has 0 saturated carbocycles. The van der Waals surface area contributed by atoms with E-state index in [2.05, 4.69) is 68.4 Å². The number of rotatable bonds is 9. The summed E-state index contributed by atoms with van der Waals surface area (Å²) in [6.45, 7) is 6.40. The highest BCUT2D eigenvalue weighted by molar-refractivity contribution is 5.79. The topological polar surface area (TPSA) is 80.3 Å². The molecule has 1 aromatic carbocycles. The van der Waals surface area contributed by atoms with Crippen LogP contribution in [0.15, 0.2) is 58.6 Å². The first-order valence-electron chi connectivity index (χ1n) is 10.1. The number of hydrogen-bond donors (Lipinski definition) is 2. The van der Waals surface area contributed by atoms with Crippen LogP contribution in [-0.2, 0) is 19.6 Å². The van der Waals surface area contributed by atoms with E-state index in [0.29, 0.717) is 19.0 Å². The van der Waals surface area contributed by atoms with E-state index in [4.69, 9.17) is 4.52 Å².